The van der Waals surface area contributed by atoms with Gasteiger partial charge in [-0.05, 0) is 44.3 Å². The average molecular weight is 325 g/mol. The van der Waals surface area contributed by atoms with E-state index in [0.29, 0.717) is 5.25 Å². The molecule has 3 heterocycles. The van der Waals surface area contributed by atoms with Gasteiger partial charge >= 0.3 is 6.03 Å². The summed E-state index contributed by atoms with van der Waals surface area (Å²) in [4.78, 5) is 28.5. The maximum Gasteiger partial charge on any atom is 0.319 e. The van der Waals surface area contributed by atoms with E-state index >= 15 is 0 Å². The number of carbonyl (C=O) groups is 2. The van der Waals surface area contributed by atoms with Crippen LogP contribution in [0, 0.1) is 5.92 Å². The Balaban J connectivity index is 1.38. The Kier molecular flexibility index (Phi) is 5.50. The molecule has 0 bridgehead atoms. The standard InChI is InChI=1S/C16H27N3O2S/c20-15(17-12-14-4-3-11-22-14)13-5-9-19(10-6-13)16(21)18-7-1-2-8-18/h13-14H,1-12H2,(H,17,20)/t14-/m1/s1. The van der Waals surface area contributed by atoms with Gasteiger partial charge in [-0.1, -0.05) is 0 Å². The summed E-state index contributed by atoms with van der Waals surface area (Å²) in [6.07, 6.45) is 6.38. The van der Waals surface area contributed by atoms with Crippen molar-refractivity contribution in [1.29, 1.82) is 0 Å². The Hall–Kier alpha value is -0.910. The first-order valence-electron chi connectivity index (χ1n) is 8.67. The lowest BCUT2D eigenvalue weighted by Crippen LogP contribution is -2.48. The summed E-state index contributed by atoms with van der Waals surface area (Å²) < 4.78 is 0. The smallest absolute Gasteiger partial charge is 0.319 e. The van der Waals surface area contributed by atoms with Crippen molar-refractivity contribution < 1.29 is 9.59 Å². The number of hydrogen-bond acceptors (Lipinski definition) is 3. The molecule has 1 atom stereocenters. The molecule has 0 aliphatic carbocycles. The van der Waals surface area contributed by atoms with E-state index in [4.69, 9.17) is 0 Å². The molecule has 0 aromatic heterocycles. The van der Waals surface area contributed by atoms with Gasteiger partial charge in [0, 0.05) is 43.9 Å². The quantitative estimate of drug-likeness (QED) is 0.862. The van der Waals surface area contributed by atoms with Crippen molar-refractivity contribution in [2.75, 3.05) is 38.5 Å². The van der Waals surface area contributed by atoms with Crippen LogP contribution in [0.25, 0.3) is 0 Å². The molecule has 0 spiro atoms. The molecule has 1 N–H and O–H groups in total. The van der Waals surface area contributed by atoms with Gasteiger partial charge in [0.05, 0.1) is 0 Å². The second-order valence-corrected chi connectivity index (χ2v) is 8.03. The number of urea groups is 1. The Labute approximate surface area is 137 Å². The molecular weight excluding hydrogens is 298 g/mol. The van der Waals surface area contributed by atoms with Crippen molar-refractivity contribution in [3.63, 3.8) is 0 Å². The number of amides is 3. The lowest BCUT2D eigenvalue weighted by atomic mass is 9.96. The Morgan fingerprint density at radius 2 is 1.64 bits per heavy atom. The van der Waals surface area contributed by atoms with Crippen molar-refractivity contribution >= 4 is 23.7 Å². The fourth-order valence-electron chi connectivity index (χ4n) is 3.61. The summed E-state index contributed by atoms with van der Waals surface area (Å²) in [5.74, 6) is 1.52. The maximum atomic E-state index is 12.3. The van der Waals surface area contributed by atoms with Crippen LogP contribution in [0.2, 0.25) is 0 Å². The van der Waals surface area contributed by atoms with Crippen LogP contribution in [0.5, 0.6) is 0 Å². The molecule has 3 aliphatic heterocycles. The highest BCUT2D eigenvalue weighted by molar-refractivity contribution is 8.00. The van der Waals surface area contributed by atoms with E-state index in [-0.39, 0.29) is 17.9 Å². The van der Waals surface area contributed by atoms with Gasteiger partial charge < -0.3 is 15.1 Å². The Morgan fingerprint density at radius 3 is 2.27 bits per heavy atom. The minimum absolute atomic E-state index is 0.0917. The van der Waals surface area contributed by atoms with Gasteiger partial charge in [-0.15, -0.1) is 0 Å². The summed E-state index contributed by atoms with van der Waals surface area (Å²) in [5, 5.41) is 3.73. The van der Waals surface area contributed by atoms with E-state index in [0.717, 1.165) is 58.4 Å². The third-order valence-corrected chi connectivity index (χ3v) is 6.44. The summed E-state index contributed by atoms with van der Waals surface area (Å²) in [6, 6.07) is 0.179. The predicted octanol–water partition coefficient (Wildman–Crippen LogP) is 1.93. The van der Waals surface area contributed by atoms with Gasteiger partial charge in [-0.2, -0.15) is 11.8 Å². The van der Waals surface area contributed by atoms with Crippen molar-refractivity contribution in [2.45, 2.75) is 43.8 Å². The molecule has 5 nitrogen and oxygen atoms in total. The normalized spacial score (nSPS) is 26.5. The summed E-state index contributed by atoms with van der Waals surface area (Å²) in [7, 11) is 0. The summed E-state index contributed by atoms with van der Waals surface area (Å²) in [6.45, 7) is 4.07. The number of piperidine rings is 1. The van der Waals surface area contributed by atoms with Gasteiger partial charge in [0.25, 0.3) is 0 Å². The SMILES string of the molecule is O=C(NC[C@H]1CCCS1)C1CCN(C(=O)N2CCCC2)CC1. The van der Waals surface area contributed by atoms with Gasteiger partial charge in [-0.3, -0.25) is 4.79 Å². The van der Waals surface area contributed by atoms with Crippen LogP contribution in [0.1, 0.15) is 38.5 Å². The van der Waals surface area contributed by atoms with Crippen molar-refractivity contribution in [3.05, 3.63) is 0 Å². The van der Waals surface area contributed by atoms with Crippen molar-refractivity contribution in [2.24, 2.45) is 5.92 Å². The Bertz CT molecular complexity index is 398. The number of rotatable bonds is 3. The molecule has 3 rings (SSSR count). The zero-order valence-corrected chi connectivity index (χ0v) is 14.1. The van der Waals surface area contributed by atoms with Crippen LogP contribution in [0.15, 0.2) is 0 Å². The molecular formula is C16H27N3O2S. The zero-order valence-electron chi connectivity index (χ0n) is 13.3. The monoisotopic (exact) mass is 325 g/mol. The number of hydrogen-bond donors (Lipinski definition) is 1. The first-order valence-corrected chi connectivity index (χ1v) is 9.72. The van der Waals surface area contributed by atoms with E-state index in [1.807, 2.05) is 21.6 Å². The lowest BCUT2D eigenvalue weighted by molar-refractivity contribution is -0.126. The van der Waals surface area contributed by atoms with Gasteiger partial charge in [0.2, 0.25) is 5.91 Å². The second kappa shape index (κ2) is 7.57. The van der Waals surface area contributed by atoms with E-state index in [1.54, 1.807) is 0 Å². The van der Waals surface area contributed by atoms with E-state index in [1.165, 1.54) is 18.6 Å². The molecule has 6 heteroatoms. The van der Waals surface area contributed by atoms with E-state index in [9.17, 15) is 9.59 Å². The first kappa shape index (κ1) is 16.0. The largest absolute Gasteiger partial charge is 0.355 e. The minimum Gasteiger partial charge on any atom is -0.355 e. The predicted molar refractivity (Wildman–Crippen MR) is 89.0 cm³/mol. The van der Waals surface area contributed by atoms with E-state index in [2.05, 4.69) is 5.32 Å². The number of nitrogens with zero attached hydrogens (tertiary/aromatic N) is 2. The van der Waals surface area contributed by atoms with Crippen LogP contribution >= 0.6 is 11.8 Å². The highest BCUT2D eigenvalue weighted by atomic mass is 32.2. The molecule has 0 aromatic rings. The molecule has 124 valence electrons. The molecule has 0 saturated carbocycles. The van der Waals surface area contributed by atoms with Crippen LogP contribution in [-0.4, -0.2) is 65.5 Å². The van der Waals surface area contributed by atoms with Gasteiger partial charge in [-0.25, -0.2) is 4.79 Å². The Morgan fingerprint density at radius 1 is 0.955 bits per heavy atom. The van der Waals surface area contributed by atoms with Crippen molar-refractivity contribution in [3.8, 4) is 0 Å². The number of thioether (sulfide) groups is 1. The van der Waals surface area contributed by atoms with E-state index < -0.39 is 0 Å². The van der Waals surface area contributed by atoms with Crippen LogP contribution < -0.4 is 5.32 Å². The minimum atomic E-state index is 0.0917. The molecule has 3 fully saturated rings. The third kappa shape index (κ3) is 3.89. The van der Waals surface area contributed by atoms with Crippen molar-refractivity contribution in [1.82, 2.24) is 15.1 Å². The zero-order chi connectivity index (χ0) is 15.4. The number of likely N-dealkylation sites (tertiary alicyclic amines) is 2. The maximum absolute atomic E-state index is 12.3. The molecule has 0 aromatic carbocycles. The molecule has 0 unspecified atom stereocenters. The second-order valence-electron chi connectivity index (χ2n) is 6.62. The molecule has 3 aliphatic rings. The summed E-state index contributed by atoms with van der Waals surface area (Å²) in [5.41, 5.74) is 0. The number of carbonyl (C=O) groups excluding carboxylic acids is 2. The topological polar surface area (TPSA) is 52.7 Å². The molecule has 0 radical (unpaired) electrons. The number of nitrogens with one attached hydrogen (secondary N) is 1. The lowest BCUT2D eigenvalue weighted by Gasteiger charge is -2.34. The molecule has 3 amide bonds. The van der Waals surface area contributed by atoms with Gasteiger partial charge in [0.1, 0.15) is 0 Å². The van der Waals surface area contributed by atoms with Gasteiger partial charge in [0.15, 0.2) is 0 Å². The fraction of sp³-hybridized carbons (Fsp3) is 0.875. The van der Waals surface area contributed by atoms with Crippen LogP contribution in [-0.2, 0) is 4.79 Å². The van der Waals surface area contributed by atoms with Crippen LogP contribution in [0.3, 0.4) is 0 Å². The molecule has 3 saturated heterocycles. The highest BCUT2D eigenvalue weighted by Gasteiger charge is 2.30. The summed E-state index contributed by atoms with van der Waals surface area (Å²) >= 11 is 1.98. The highest BCUT2D eigenvalue weighted by Crippen LogP contribution is 2.26. The molecule has 22 heavy (non-hydrogen) atoms. The van der Waals surface area contributed by atoms with Crippen LogP contribution in [0.4, 0.5) is 4.79 Å². The first-order chi connectivity index (χ1) is 10.7. The third-order valence-electron chi connectivity index (χ3n) is 5.04. The fourth-order valence-corrected chi connectivity index (χ4v) is 4.81. The average Bonchev–Trinajstić information content (AvgIpc) is 3.25.